The molecule has 4 aliphatic rings. The van der Waals surface area contributed by atoms with Crippen molar-refractivity contribution in [1.82, 2.24) is 0 Å². The fourth-order valence-corrected chi connectivity index (χ4v) is 6.67. The Kier molecular flexibility index (Phi) is 3.88. The molecule has 2 heterocycles. The van der Waals surface area contributed by atoms with E-state index in [1.54, 1.807) is 0 Å². The lowest BCUT2D eigenvalue weighted by Gasteiger charge is -2.58. The topological polar surface area (TPSA) is 76.0 Å². The largest absolute Gasteiger partial charge is 0.429 e. The average Bonchev–Trinajstić information content (AvgIpc) is 2.87. The van der Waals surface area contributed by atoms with Gasteiger partial charge in [-0.3, -0.25) is 0 Å². The van der Waals surface area contributed by atoms with Gasteiger partial charge < -0.3 is 19.7 Å². The minimum atomic E-state index is -1.11. The Bertz CT molecular complexity index is 611. The SMILES string of the molecule is CC1(C)CCCC23C(O)OC(C)(CCC12)C3CCC1=CC(O)OC1=O. The van der Waals surface area contributed by atoms with Crippen LogP contribution in [-0.4, -0.2) is 34.4 Å². The van der Waals surface area contributed by atoms with Crippen LogP contribution in [0.25, 0.3) is 0 Å². The van der Waals surface area contributed by atoms with E-state index in [2.05, 4.69) is 20.8 Å². The molecule has 0 aromatic heterocycles. The van der Waals surface area contributed by atoms with E-state index in [0.29, 0.717) is 17.9 Å². The number of esters is 1. The number of fused-ring (bicyclic) bond motifs is 1. The maximum absolute atomic E-state index is 11.8. The number of hydrogen-bond donors (Lipinski definition) is 2. The molecular formula is C20H30O5. The van der Waals surface area contributed by atoms with Crippen LogP contribution in [0.15, 0.2) is 11.6 Å². The zero-order valence-electron chi connectivity index (χ0n) is 15.5. The summed E-state index contributed by atoms with van der Waals surface area (Å²) in [6.45, 7) is 6.79. The van der Waals surface area contributed by atoms with Crippen molar-refractivity contribution in [2.75, 3.05) is 0 Å². The van der Waals surface area contributed by atoms with Crippen molar-refractivity contribution in [1.29, 1.82) is 0 Å². The van der Waals surface area contributed by atoms with E-state index in [0.717, 1.165) is 32.1 Å². The van der Waals surface area contributed by atoms with Crippen LogP contribution in [0.5, 0.6) is 0 Å². The van der Waals surface area contributed by atoms with Crippen LogP contribution in [0.3, 0.4) is 0 Å². The summed E-state index contributed by atoms with van der Waals surface area (Å²) in [7, 11) is 0. The summed E-state index contributed by atoms with van der Waals surface area (Å²) < 4.78 is 11.0. The smallest absolute Gasteiger partial charge is 0.336 e. The molecule has 0 aromatic carbocycles. The molecule has 2 bridgehead atoms. The average molecular weight is 350 g/mol. The van der Waals surface area contributed by atoms with Gasteiger partial charge in [-0.25, -0.2) is 4.79 Å². The van der Waals surface area contributed by atoms with Crippen molar-refractivity contribution >= 4 is 5.97 Å². The van der Waals surface area contributed by atoms with Gasteiger partial charge in [-0.2, -0.15) is 0 Å². The third kappa shape index (κ3) is 2.42. The molecule has 2 aliphatic heterocycles. The lowest BCUT2D eigenvalue weighted by Crippen LogP contribution is -2.56. The number of carbonyl (C=O) groups is 1. The van der Waals surface area contributed by atoms with E-state index < -0.39 is 18.5 Å². The predicted octanol–water partition coefficient (Wildman–Crippen LogP) is 2.90. The zero-order chi connectivity index (χ0) is 18.0. The molecule has 1 saturated heterocycles. The van der Waals surface area contributed by atoms with Crippen molar-refractivity contribution < 1.29 is 24.5 Å². The van der Waals surface area contributed by atoms with Gasteiger partial charge in [-0.1, -0.05) is 20.3 Å². The second-order valence-corrected chi connectivity index (χ2v) is 9.41. The van der Waals surface area contributed by atoms with E-state index in [1.807, 2.05) is 0 Å². The predicted molar refractivity (Wildman–Crippen MR) is 91.2 cm³/mol. The quantitative estimate of drug-likeness (QED) is 0.766. The summed E-state index contributed by atoms with van der Waals surface area (Å²) in [4.78, 5) is 11.8. The summed E-state index contributed by atoms with van der Waals surface area (Å²) in [5.74, 6) is 0.250. The first kappa shape index (κ1) is 17.5. The Labute approximate surface area is 149 Å². The maximum atomic E-state index is 11.8. The van der Waals surface area contributed by atoms with Gasteiger partial charge in [0.1, 0.15) is 0 Å². The molecule has 25 heavy (non-hydrogen) atoms. The van der Waals surface area contributed by atoms with Gasteiger partial charge in [0, 0.05) is 11.0 Å². The van der Waals surface area contributed by atoms with Crippen molar-refractivity contribution in [3.63, 3.8) is 0 Å². The highest BCUT2D eigenvalue weighted by molar-refractivity contribution is 5.90. The van der Waals surface area contributed by atoms with Crippen LogP contribution in [0, 0.1) is 22.7 Å². The first-order valence-corrected chi connectivity index (χ1v) is 9.65. The van der Waals surface area contributed by atoms with Gasteiger partial charge in [-0.05, 0) is 68.8 Å². The molecule has 0 amide bonds. The van der Waals surface area contributed by atoms with Crippen molar-refractivity contribution in [3.8, 4) is 0 Å². The molecule has 5 nitrogen and oxygen atoms in total. The molecule has 2 N–H and O–H groups in total. The van der Waals surface area contributed by atoms with Gasteiger partial charge in [0.25, 0.3) is 0 Å². The number of aliphatic hydroxyl groups is 2. The number of rotatable bonds is 3. The van der Waals surface area contributed by atoms with Crippen LogP contribution in [-0.2, 0) is 14.3 Å². The highest BCUT2D eigenvalue weighted by atomic mass is 16.6. The lowest BCUT2D eigenvalue weighted by atomic mass is 9.45. The van der Waals surface area contributed by atoms with E-state index in [1.165, 1.54) is 12.5 Å². The molecule has 2 saturated carbocycles. The van der Waals surface area contributed by atoms with Crippen LogP contribution < -0.4 is 0 Å². The monoisotopic (exact) mass is 350 g/mol. The minimum Gasteiger partial charge on any atom is -0.429 e. The molecule has 0 aromatic rings. The Morgan fingerprint density at radius 1 is 1.20 bits per heavy atom. The molecule has 0 radical (unpaired) electrons. The van der Waals surface area contributed by atoms with Gasteiger partial charge in [0.05, 0.1) is 5.60 Å². The molecule has 3 fully saturated rings. The Morgan fingerprint density at radius 2 is 1.96 bits per heavy atom. The summed E-state index contributed by atoms with van der Waals surface area (Å²) in [6.07, 6.45) is 6.39. The summed E-state index contributed by atoms with van der Waals surface area (Å²) in [5, 5.41) is 20.5. The Hall–Kier alpha value is -0.910. The van der Waals surface area contributed by atoms with Crippen LogP contribution >= 0.6 is 0 Å². The summed E-state index contributed by atoms with van der Waals surface area (Å²) >= 11 is 0. The van der Waals surface area contributed by atoms with Gasteiger partial charge in [0.2, 0.25) is 6.29 Å². The van der Waals surface area contributed by atoms with Crippen molar-refractivity contribution in [3.05, 3.63) is 11.6 Å². The number of carbonyl (C=O) groups excluding carboxylic acids is 1. The van der Waals surface area contributed by atoms with Gasteiger partial charge in [-0.15, -0.1) is 0 Å². The molecule has 6 unspecified atom stereocenters. The van der Waals surface area contributed by atoms with Crippen molar-refractivity contribution in [2.45, 2.75) is 83.9 Å². The molecule has 4 rings (SSSR count). The fraction of sp³-hybridized carbons (Fsp3) is 0.850. The third-order valence-corrected chi connectivity index (χ3v) is 7.72. The molecule has 140 valence electrons. The first-order valence-electron chi connectivity index (χ1n) is 9.65. The number of hydrogen-bond acceptors (Lipinski definition) is 5. The molecular weight excluding hydrogens is 320 g/mol. The van der Waals surface area contributed by atoms with Crippen LogP contribution in [0.2, 0.25) is 0 Å². The lowest BCUT2D eigenvalue weighted by molar-refractivity contribution is -0.177. The normalized spacial score (nSPS) is 48.0. The number of aliphatic hydroxyl groups excluding tert-OH is 2. The van der Waals surface area contributed by atoms with Gasteiger partial charge >= 0.3 is 5.97 Å². The minimum absolute atomic E-state index is 0.203. The second-order valence-electron chi connectivity index (χ2n) is 9.41. The molecule has 5 heteroatoms. The Balaban J connectivity index is 1.64. The van der Waals surface area contributed by atoms with Crippen LogP contribution in [0.4, 0.5) is 0 Å². The Morgan fingerprint density at radius 3 is 2.64 bits per heavy atom. The molecule has 2 aliphatic carbocycles. The van der Waals surface area contributed by atoms with E-state index >= 15 is 0 Å². The van der Waals surface area contributed by atoms with E-state index in [4.69, 9.17) is 9.47 Å². The standard InChI is InChI=1S/C20H30O5/c1-18(2)8-4-9-20-13(18)7-10-19(3,25-17(20)23)14(20)6-5-12-11-15(21)24-16(12)22/h11,13-15,17,21,23H,4-10H2,1-3H3. The number of ether oxygens (including phenoxy) is 2. The summed E-state index contributed by atoms with van der Waals surface area (Å²) in [6, 6.07) is 0. The summed E-state index contributed by atoms with van der Waals surface area (Å²) in [5.41, 5.74) is 0.217. The first-order chi connectivity index (χ1) is 11.7. The molecule has 1 spiro atoms. The highest BCUT2D eigenvalue weighted by Crippen LogP contribution is 2.69. The maximum Gasteiger partial charge on any atom is 0.336 e. The van der Waals surface area contributed by atoms with Crippen molar-refractivity contribution in [2.24, 2.45) is 22.7 Å². The third-order valence-electron chi connectivity index (χ3n) is 7.72. The zero-order valence-corrected chi connectivity index (χ0v) is 15.5. The second kappa shape index (κ2) is 5.54. The number of cyclic esters (lactones) is 1. The van der Waals surface area contributed by atoms with E-state index in [-0.39, 0.29) is 22.3 Å². The highest BCUT2D eigenvalue weighted by Gasteiger charge is 2.69. The van der Waals surface area contributed by atoms with Crippen LogP contribution in [0.1, 0.15) is 65.7 Å². The fourth-order valence-electron chi connectivity index (χ4n) is 6.67. The van der Waals surface area contributed by atoms with Gasteiger partial charge in [0.15, 0.2) is 6.29 Å². The molecule has 6 atom stereocenters. The van der Waals surface area contributed by atoms with E-state index in [9.17, 15) is 15.0 Å².